The van der Waals surface area contributed by atoms with Crippen molar-refractivity contribution < 1.29 is 14.2 Å². The summed E-state index contributed by atoms with van der Waals surface area (Å²) in [6, 6.07) is 31.5. The second-order valence-electron chi connectivity index (χ2n) is 11.6. The Balaban J connectivity index is 0.935. The lowest BCUT2D eigenvalue weighted by molar-refractivity contribution is -0.709. The van der Waals surface area contributed by atoms with Gasteiger partial charge in [-0.2, -0.15) is 0 Å². The summed E-state index contributed by atoms with van der Waals surface area (Å²) >= 11 is 1.81. The molecule has 2 amide bonds. The molecule has 3 heterocycles. The molecule has 5 aromatic rings. The van der Waals surface area contributed by atoms with Crippen molar-refractivity contribution in [2.75, 3.05) is 22.6 Å². The van der Waals surface area contributed by atoms with Crippen LogP contribution in [0.1, 0.15) is 53.1 Å². The van der Waals surface area contributed by atoms with Gasteiger partial charge < -0.3 is 15.5 Å². The molecule has 1 aliphatic rings. The van der Waals surface area contributed by atoms with Crippen LogP contribution < -0.4 is 20.1 Å². The van der Waals surface area contributed by atoms with E-state index in [1.54, 1.807) is 30.3 Å². The van der Waals surface area contributed by atoms with Crippen LogP contribution in [-0.4, -0.2) is 23.8 Å². The van der Waals surface area contributed by atoms with Crippen molar-refractivity contribution in [3.63, 3.8) is 0 Å². The molecule has 0 radical (unpaired) electrons. The summed E-state index contributed by atoms with van der Waals surface area (Å²) in [5, 5.41) is 8.06. The quantitative estimate of drug-likeness (QED) is 0.121. The lowest BCUT2D eigenvalue weighted by Crippen LogP contribution is -2.40. The number of hydrogen-bond donors (Lipinski definition) is 2. The van der Waals surface area contributed by atoms with Gasteiger partial charge in [-0.3, -0.25) is 9.59 Å². The zero-order valence-electron chi connectivity index (χ0n) is 26.4. The van der Waals surface area contributed by atoms with Crippen molar-refractivity contribution >= 4 is 57.6 Å². The number of aryl methyl sites for hydroxylation is 2. The van der Waals surface area contributed by atoms with E-state index in [1.165, 1.54) is 32.6 Å². The molecule has 7 nitrogen and oxygen atoms in total. The SMILES string of the molecule is Cc1cc(C=C2Sc3ccccc3N2C)cc(C)[n+]1CCCCCC(=O)Nc1ccc(NC(=O)c2ccc3ccccc3n2)cc1. The van der Waals surface area contributed by atoms with Crippen molar-refractivity contribution in [3.8, 4) is 0 Å². The Morgan fingerprint density at radius 2 is 1.52 bits per heavy atom. The average Bonchev–Trinajstić information content (AvgIpc) is 3.37. The molecule has 8 heteroatoms. The first-order valence-corrected chi connectivity index (χ1v) is 16.5. The zero-order chi connectivity index (χ0) is 32.0. The molecule has 232 valence electrons. The van der Waals surface area contributed by atoms with Gasteiger partial charge in [0.2, 0.25) is 5.91 Å². The molecule has 0 fully saturated rings. The second-order valence-corrected chi connectivity index (χ2v) is 12.7. The maximum absolute atomic E-state index is 12.7. The normalized spacial score (nSPS) is 13.2. The van der Waals surface area contributed by atoms with Gasteiger partial charge in [0.25, 0.3) is 5.91 Å². The maximum atomic E-state index is 12.7. The summed E-state index contributed by atoms with van der Waals surface area (Å²) in [4.78, 5) is 33.3. The lowest BCUT2D eigenvalue weighted by Gasteiger charge is -2.13. The molecule has 0 bridgehead atoms. The van der Waals surface area contributed by atoms with Crippen LogP contribution in [0, 0.1) is 13.8 Å². The number of para-hydroxylation sites is 2. The highest BCUT2D eigenvalue weighted by molar-refractivity contribution is 8.03. The number of thioether (sulfide) groups is 1. The summed E-state index contributed by atoms with van der Waals surface area (Å²) in [5.74, 6) is -0.284. The van der Waals surface area contributed by atoms with Crippen LogP contribution in [0.25, 0.3) is 17.0 Å². The Labute approximate surface area is 274 Å². The van der Waals surface area contributed by atoms with Crippen LogP contribution in [-0.2, 0) is 11.3 Å². The summed E-state index contributed by atoms with van der Waals surface area (Å²) in [6.45, 7) is 5.26. The topological polar surface area (TPSA) is 78.2 Å². The van der Waals surface area contributed by atoms with E-state index in [0.29, 0.717) is 23.5 Å². The van der Waals surface area contributed by atoms with E-state index >= 15 is 0 Å². The number of nitrogens with zero attached hydrogens (tertiary/aromatic N) is 3. The van der Waals surface area contributed by atoms with Crippen molar-refractivity contribution in [1.29, 1.82) is 0 Å². The molecule has 0 saturated carbocycles. The van der Waals surface area contributed by atoms with E-state index in [-0.39, 0.29) is 11.8 Å². The number of carbonyl (C=O) groups excluding carboxylic acids is 2. The Kier molecular flexibility index (Phi) is 9.45. The highest BCUT2D eigenvalue weighted by Gasteiger charge is 2.22. The van der Waals surface area contributed by atoms with E-state index < -0.39 is 0 Å². The number of aromatic nitrogens is 2. The van der Waals surface area contributed by atoms with Crippen molar-refractivity contribution in [3.05, 3.63) is 125 Å². The van der Waals surface area contributed by atoms with Crippen molar-refractivity contribution in [2.45, 2.75) is 51.0 Å². The monoisotopic (exact) mass is 628 g/mol. The molecule has 6 rings (SSSR count). The standard InChI is InChI=1S/C38H37N5O2S/c1-26-23-28(25-37-42(3)34-13-8-9-14-35(34)46-37)24-27(2)43(26)22-10-4-5-15-36(44)39-30-17-19-31(20-18-30)40-38(45)33-21-16-29-11-6-7-12-32(29)41-33/h6-9,11-14,16-21,23-25H,4-5,10,15,22H2,1-3H3,(H-,39,40,41,44,45)/p+1. The minimum Gasteiger partial charge on any atom is -0.338 e. The van der Waals surface area contributed by atoms with Gasteiger partial charge in [-0.25, -0.2) is 9.55 Å². The Morgan fingerprint density at radius 1 is 0.826 bits per heavy atom. The lowest BCUT2D eigenvalue weighted by atomic mass is 10.1. The summed E-state index contributed by atoms with van der Waals surface area (Å²) in [6.07, 6.45) is 5.54. The van der Waals surface area contributed by atoms with E-state index in [0.717, 1.165) is 36.7 Å². The number of carbonyl (C=O) groups is 2. The van der Waals surface area contributed by atoms with Gasteiger partial charge in [-0.1, -0.05) is 48.2 Å². The number of benzene rings is 3. The number of anilines is 3. The third kappa shape index (κ3) is 7.29. The van der Waals surface area contributed by atoms with Gasteiger partial charge in [-0.05, 0) is 73.0 Å². The molecule has 0 unspecified atom stereocenters. The fourth-order valence-corrected chi connectivity index (χ4v) is 6.88. The highest BCUT2D eigenvalue weighted by atomic mass is 32.2. The maximum Gasteiger partial charge on any atom is 0.274 e. The van der Waals surface area contributed by atoms with Crippen molar-refractivity contribution in [2.24, 2.45) is 0 Å². The third-order valence-corrected chi connectivity index (χ3v) is 9.37. The first kappa shape index (κ1) is 31.0. The largest absolute Gasteiger partial charge is 0.338 e. The number of fused-ring (bicyclic) bond motifs is 2. The predicted octanol–water partition coefficient (Wildman–Crippen LogP) is 8.13. The first-order valence-electron chi connectivity index (χ1n) is 15.6. The molecule has 1 aliphatic heterocycles. The number of pyridine rings is 2. The minimum atomic E-state index is -0.276. The molecular formula is C38H38N5O2S+. The number of rotatable bonds is 10. The summed E-state index contributed by atoms with van der Waals surface area (Å²) < 4.78 is 2.36. The van der Waals surface area contributed by atoms with Gasteiger partial charge in [0.05, 0.1) is 16.2 Å². The zero-order valence-corrected chi connectivity index (χ0v) is 27.2. The fraction of sp³-hybridized carbons (Fsp3) is 0.211. The molecule has 46 heavy (non-hydrogen) atoms. The Hall–Kier alpha value is -4.95. The molecule has 0 aliphatic carbocycles. The summed E-state index contributed by atoms with van der Waals surface area (Å²) in [5.41, 5.74) is 7.41. The molecule has 3 aromatic carbocycles. The first-order chi connectivity index (χ1) is 22.3. The van der Waals surface area contributed by atoms with Crippen LogP contribution in [0.3, 0.4) is 0 Å². The van der Waals surface area contributed by atoms with Crippen molar-refractivity contribution in [1.82, 2.24) is 4.98 Å². The van der Waals surface area contributed by atoms with Gasteiger partial charge in [-0.15, -0.1) is 0 Å². The number of hydrogen-bond acceptors (Lipinski definition) is 5. The average molecular weight is 629 g/mol. The van der Waals surface area contributed by atoms with E-state index in [1.807, 2.05) is 42.1 Å². The van der Waals surface area contributed by atoms with E-state index in [4.69, 9.17) is 0 Å². The summed E-state index contributed by atoms with van der Waals surface area (Å²) in [7, 11) is 2.12. The Morgan fingerprint density at radius 3 is 2.28 bits per heavy atom. The predicted molar refractivity (Wildman–Crippen MR) is 188 cm³/mol. The molecule has 0 atom stereocenters. The number of unbranched alkanes of at least 4 members (excludes halogenated alkanes) is 2. The van der Waals surface area contributed by atoms with Crippen LogP contribution in [0.2, 0.25) is 0 Å². The molecule has 0 saturated heterocycles. The van der Waals surface area contributed by atoms with Gasteiger partial charge in [0.1, 0.15) is 12.2 Å². The molecule has 0 spiro atoms. The molecular weight excluding hydrogens is 591 g/mol. The third-order valence-electron chi connectivity index (χ3n) is 8.21. The fourth-order valence-electron chi connectivity index (χ4n) is 5.76. The number of amides is 2. The smallest absolute Gasteiger partial charge is 0.274 e. The highest BCUT2D eigenvalue weighted by Crippen LogP contribution is 2.45. The molecule has 2 N–H and O–H groups in total. The van der Waals surface area contributed by atoms with Gasteiger partial charge in [0.15, 0.2) is 11.4 Å². The van der Waals surface area contributed by atoms with Crippen LogP contribution in [0.5, 0.6) is 0 Å². The number of nitrogens with one attached hydrogen (secondary N) is 2. The van der Waals surface area contributed by atoms with Crippen LogP contribution in [0.15, 0.2) is 107 Å². The Bertz CT molecular complexity index is 1910. The van der Waals surface area contributed by atoms with Crippen LogP contribution >= 0.6 is 11.8 Å². The second kappa shape index (κ2) is 14.0. The van der Waals surface area contributed by atoms with E-state index in [2.05, 4.69) is 88.5 Å². The minimum absolute atomic E-state index is 0.00791. The molecule has 2 aromatic heterocycles. The van der Waals surface area contributed by atoms with Gasteiger partial charge >= 0.3 is 0 Å². The van der Waals surface area contributed by atoms with Gasteiger partial charge in [0, 0.05) is 67.5 Å². The van der Waals surface area contributed by atoms with E-state index in [9.17, 15) is 9.59 Å². The van der Waals surface area contributed by atoms with Crippen LogP contribution in [0.4, 0.5) is 17.1 Å².